The topological polar surface area (TPSA) is 34.1 Å². The maximum atomic E-state index is 12.0. The van der Waals surface area contributed by atoms with Gasteiger partial charge < -0.3 is 0 Å². The van der Waals surface area contributed by atoms with Crippen LogP contribution in [0.4, 0.5) is 4.39 Å². The summed E-state index contributed by atoms with van der Waals surface area (Å²) in [6.45, 7) is 0. The first kappa shape index (κ1) is 5.75. The predicted molar refractivity (Wildman–Crippen MR) is 27.8 cm³/mol. The molecule has 46 valence electrons. The van der Waals surface area contributed by atoms with E-state index in [2.05, 4.69) is 0 Å². The molecule has 8 heavy (non-hydrogen) atoms. The summed E-state index contributed by atoms with van der Waals surface area (Å²) in [5.74, 6) is -0.368. The zero-order valence-corrected chi connectivity index (χ0v) is 4.86. The smallest absolute Gasteiger partial charge is 0.174 e. The Morgan fingerprint density at radius 2 is 2.25 bits per heavy atom. The van der Waals surface area contributed by atoms with Crippen molar-refractivity contribution in [1.29, 1.82) is 0 Å². The van der Waals surface area contributed by atoms with Gasteiger partial charge in [-0.2, -0.15) is 0 Å². The van der Waals surface area contributed by atoms with E-state index in [-0.39, 0.29) is 5.75 Å². The minimum atomic E-state index is -3.15. The Morgan fingerprint density at radius 1 is 1.62 bits per heavy atom. The van der Waals surface area contributed by atoms with E-state index in [0.29, 0.717) is 0 Å². The molecule has 0 saturated carbocycles. The van der Waals surface area contributed by atoms with Crippen LogP contribution in [0.1, 0.15) is 0 Å². The van der Waals surface area contributed by atoms with Crippen molar-refractivity contribution in [3.8, 4) is 0 Å². The molecule has 0 bridgehead atoms. The molecule has 0 amide bonds. The monoisotopic (exact) mass is 136 g/mol. The van der Waals surface area contributed by atoms with Crippen LogP contribution in [0.3, 0.4) is 0 Å². The number of alkyl halides is 1. The van der Waals surface area contributed by atoms with Crippen molar-refractivity contribution >= 4 is 9.84 Å². The fraction of sp³-hybridized carbons (Fsp3) is 0.500. The lowest BCUT2D eigenvalue weighted by atomic mass is 10.4. The molecule has 2 nitrogen and oxygen atoms in total. The van der Waals surface area contributed by atoms with Crippen molar-refractivity contribution in [2.45, 2.75) is 6.17 Å². The van der Waals surface area contributed by atoms with Crippen molar-refractivity contribution in [2.24, 2.45) is 0 Å². The first-order valence-electron chi connectivity index (χ1n) is 2.15. The molecule has 4 heteroatoms. The molecule has 1 aliphatic rings. The lowest BCUT2D eigenvalue weighted by Gasteiger charge is -1.87. The fourth-order valence-electron chi connectivity index (χ4n) is 0.538. The van der Waals surface area contributed by atoms with Gasteiger partial charge in [-0.3, -0.25) is 0 Å². The Labute approximate surface area is 46.9 Å². The lowest BCUT2D eigenvalue weighted by Crippen LogP contribution is -2.04. The highest BCUT2D eigenvalue weighted by molar-refractivity contribution is 7.94. The number of hydrogen-bond donors (Lipinski definition) is 0. The minimum absolute atomic E-state index is 0.368. The molecule has 0 fully saturated rings. The first-order valence-corrected chi connectivity index (χ1v) is 3.87. The van der Waals surface area contributed by atoms with E-state index in [9.17, 15) is 12.8 Å². The van der Waals surface area contributed by atoms with Crippen LogP contribution in [0.25, 0.3) is 0 Å². The average molecular weight is 136 g/mol. The van der Waals surface area contributed by atoms with Gasteiger partial charge in [-0.25, -0.2) is 12.8 Å². The van der Waals surface area contributed by atoms with Gasteiger partial charge in [0, 0.05) is 5.41 Å². The Hall–Kier alpha value is -0.380. The largest absolute Gasteiger partial charge is 0.242 e. The zero-order valence-electron chi connectivity index (χ0n) is 4.04. The molecule has 0 aromatic carbocycles. The van der Waals surface area contributed by atoms with Crippen LogP contribution in [0.2, 0.25) is 0 Å². The molecule has 1 rings (SSSR count). The third-order valence-electron chi connectivity index (χ3n) is 0.886. The van der Waals surface area contributed by atoms with E-state index in [1.807, 2.05) is 0 Å². The van der Waals surface area contributed by atoms with E-state index in [1.54, 1.807) is 0 Å². The number of hydrogen-bond acceptors (Lipinski definition) is 2. The Balaban J connectivity index is 2.89. The summed E-state index contributed by atoms with van der Waals surface area (Å²) < 4.78 is 32.6. The van der Waals surface area contributed by atoms with Crippen molar-refractivity contribution in [3.63, 3.8) is 0 Å². The quantitative estimate of drug-likeness (QED) is 0.479. The van der Waals surface area contributed by atoms with Crippen LogP contribution >= 0.6 is 0 Å². The van der Waals surface area contributed by atoms with Crippen LogP contribution in [0, 0.1) is 0 Å². The number of halogens is 1. The highest BCUT2D eigenvalue weighted by Crippen LogP contribution is 2.09. The van der Waals surface area contributed by atoms with Gasteiger partial charge in [0.1, 0.15) is 6.17 Å². The number of sulfone groups is 1. The third kappa shape index (κ3) is 1.06. The van der Waals surface area contributed by atoms with Gasteiger partial charge in [-0.1, -0.05) is 0 Å². The fourth-order valence-corrected chi connectivity index (χ4v) is 1.61. The summed E-state index contributed by atoms with van der Waals surface area (Å²) in [6.07, 6.45) is -0.227. The van der Waals surface area contributed by atoms with Gasteiger partial charge >= 0.3 is 0 Å². The number of rotatable bonds is 0. The van der Waals surface area contributed by atoms with Crippen LogP contribution in [0.5, 0.6) is 0 Å². The van der Waals surface area contributed by atoms with E-state index in [4.69, 9.17) is 0 Å². The third-order valence-corrected chi connectivity index (χ3v) is 2.24. The first-order chi connectivity index (χ1) is 3.60. The molecule has 0 saturated heterocycles. The Bertz CT molecular complexity index is 204. The van der Waals surface area contributed by atoms with Crippen LogP contribution in [-0.4, -0.2) is 20.3 Å². The lowest BCUT2D eigenvalue weighted by molar-refractivity contribution is 0.435. The Morgan fingerprint density at radius 3 is 2.38 bits per heavy atom. The molecule has 1 heterocycles. The van der Waals surface area contributed by atoms with Gasteiger partial charge in [0.25, 0.3) is 0 Å². The predicted octanol–water partition coefficient (Wildman–Crippen LogP) is 0.267. The second kappa shape index (κ2) is 1.55. The van der Waals surface area contributed by atoms with E-state index >= 15 is 0 Å². The van der Waals surface area contributed by atoms with Crippen molar-refractivity contribution in [1.82, 2.24) is 0 Å². The summed E-state index contributed by atoms with van der Waals surface area (Å²) in [7, 11) is -3.15. The van der Waals surface area contributed by atoms with E-state index in [1.165, 1.54) is 0 Å². The standard InChI is InChI=1S/C4H5FO2S/c5-4-1-2-8(6,7)3-4/h1-2,4H,3H2. The van der Waals surface area contributed by atoms with Crippen molar-refractivity contribution < 1.29 is 12.8 Å². The molecular weight excluding hydrogens is 131 g/mol. The Kier molecular flexibility index (Phi) is 1.11. The van der Waals surface area contributed by atoms with Crippen molar-refractivity contribution in [3.05, 3.63) is 11.5 Å². The summed E-state index contributed by atoms with van der Waals surface area (Å²) in [5, 5.41) is 0.914. The van der Waals surface area contributed by atoms with Gasteiger partial charge in [0.15, 0.2) is 9.84 Å². The molecule has 0 aliphatic carbocycles. The zero-order chi connectivity index (χ0) is 6.20. The van der Waals surface area contributed by atoms with Crippen LogP contribution < -0.4 is 0 Å². The molecule has 1 atom stereocenters. The molecule has 0 aromatic heterocycles. The molecule has 0 radical (unpaired) electrons. The maximum Gasteiger partial charge on any atom is 0.174 e. The molecule has 0 N–H and O–H groups in total. The summed E-state index contributed by atoms with van der Waals surface area (Å²) >= 11 is 0. The van der Waals surface area contributed by atoms with Crippen LogP contribution in [-0.2, 0) is 9.84 Å². The molecule has 0 aromatic rings. The van der Waals surface area contributed by atoms with Crippen LogP contribution in [0.15, 0.2) is 11.5 Å². The highest BCUT2D eigenvalue weighted by atomic mass is 32.2. The van der Waals surface area contributed by atoms with Gasteiger partial charge in [-0.05, 0) is 6.08 Å². The highest BCUT2D eigenvalue weighted by Gasteiger charge is 2.19. The van der Waals surface area contributed by atoms with E-state index < -0.39 is 16.0 Å². The maximum absolute atomic E-state index is 12.0. The summed E-state index contributed by atoms with van der Waals surface area (Å²) in [5.41, 5.74) is 0. The van der Waals surface area contributed by atoms with Gasteiger partial charge in [0.2, 0.25) is 0 Å². The SMILES string of the molecule is O=S1(=O)C=CC(F)C1. The number of allylic oxidation sites excluding steroid dienone is 1. The second-order valence-electron chi connectivity index (χ2n) is 1.67. The molecule has 1 unspecified atom stereocenters. The molecular formula is C4H5FO2S. The normalized spacial score (nSPS) is 33.4. The molecule has 1 aliphatic heterocycles. The average Bonchev–Trinajstić information content (AvgIpc) is 1.82. The second-order valence-corrected chi connectivity index (χ2v) is 3.61. The van der Waals surface area contributed by atoms with Gasteiger partial charge in [-0.15, -0.1) is 0 Å². The van der Waals surface area contributed by atoms with E-state index in [0.717, 1.165) is 11.5 Å². The summed E-state index contributed by atoms with van der Waals surface area (Å²) in [4.78, 5) is 0. The van der Waals surface area contributed by atoms with Gasteiger partial charge in [0.05, 0.1) is 5.75 Å². The van der Waals surface area contributed by atoms with Crippen molar-refractivity contribution in [2.75, 3.05) is 5.75 Å². The molecule has 0 spiro atoms. The summed E-state index contributed by atoms with van der Waals surface area (Å²) in [6, 6.07) is 0. The minimum Gasteiger partial charge on any atom is -0.242 e.